The maximum atomic E-state index is 3.85. The van der Waals surface area contributed by atoms with Gasteiger partial charge in [0.25, 0.3) is 0 Å². The average molecular weight is 258 g/mol. The van der Waals surface area contributed by atoms with Gasteiger partial charge in [0.15, 0.2) is 0 Å². The Bertz CT molecular complexity index is 408. The predicted octanol–water partition coefficient (Wildman–Crippen LogP) is 2.99. The highest BCUT2D eigenvalue weighted by molar-refractivity contribution is 5.25. The number of hydrogen-bond acceptors (Lipinski definition) is 2. The first-order valence-corrected chi connectivity index (χ1v) is 7.71. The molecule has 2 heteroatoms. The minimum absolute atomic E-state index is 0.589. The standard InChI is InChI=1S/C17H26N2/c1-13-3-5-15(6-4-13)17(16-7-8-16)18-11-14-9-10-19(2)12-14/h3-6,14,16-18H,7-12H2,1-2H3. The van der Waals surface area contributed by atoms with E-state index in [2.05, 4.69) is 48.5 Å². The van der Waals surface area contributed by atoms with Crippen LogP contribution in [0.25, 0.3) is 0 Å². The third-order valence-electron chi connectivity index (χ3n) is 4.65. The Morgan fingerprint density at radius 3 is 2.53 bits per heavy atom. The molecule has 2 aliphatic rings. The lowest BCUT2D eigenvalue weighted by Gasteiger charge is -2.21. The van der Waals surface area contributed by atoms with E-state index >= 15 is 0 Å². The van der Waals surface area contributed by atoms with Gasteiger partial charge in [-0.2, -0.15) is 0 Å². The van der Waals surface area contributed by atoms with Crippen LogP contribution in [0.3, 0.4) is 0 Å². The molecule has 1 aromatic carbocycles. The summed E-state index contributed by atoms with van der Waals surface area (Å²) in [6.45, 7) is 5.88. The van der Waals surface area contributed by atoms with E-state index in [1.807, 2.05) is 0 Å². The molecule has 2 fully saturated rings. The third-order valence-corrected chi connectivity index (χ3v) is 4.65. The van der Waals surface area contributed by atoms with Gasteiger partial charge in [0.05, 0.1) is 0 Å². The molecule has 0 amide bonds. The summed E-state index contributed by atoms with van der Waals surface area (Å²) in [6.07, 6.45) is 4.15. The van der Waals surface area contributed by atoms with Crippen molar-refractivity contribution < 1.29 is 0 Å². The van der Waals surface area contributed by atoms with Crippen molar-refractivity contribution >= 4 is 0 Å². The van der Waals surface area contributed by atoms with Gasteiger partial charge >= 0.3 is 0 Å². The van der Waals surface area contributed by atoms with E-state index in [0.29, 0.717) is 6.04 Å². The van der Waals surface area contributed by atoms with Crippen molar-refractivity contribution in [3.63, 3.8) is 0 Å². The van der Waals surface area contributed by atoms with Crippen LogP contribution in [0, 0.1) is 18.8 Å². The minimum Gasteiger partial charge on any atom is -0.309 e. The number of benzene rings is 1. The lowest BCUT2D eigenvalue weighted by Crippen LogP contribution is -2.30. The number of rotatable bonds is 5. The summed E-state index contributed by atoms with van der Waals surface area (Å²) in [5.41, 5.74) is 2.84. The zero-order chi connectivity index (χ0) is 13.2. The highest BCUT2D eigenvalue weighted by atomic mass is 15.1. The highest BCUT2D eigenvalue weighted by Crippen LogP contribution is 2.41. The van der Waals surface area contributed by atoms with Gasteiger partial charge < -0.3 is 10.2 Å². The first kappa shape index (κ1) is 13.1. The van der Waals surface area contributed by atoms with E-state index in [1.165, 1.54) is 50.0 Å². The number of nitrogens with one attached hydrogen (secondary N) is 1. The van der Waals surface area contributed by atoms with Crippen molar-refractivity contribution in [2.24, 2.45) is 11.8 Å². The molecule has 0 radical (unpaired) electrons. The molecule has 1 saturated carbocycles. The Morgan fingerprint density at radius 2 is 1.95 bits per heavy atom. The van der Waals surface area contributed by atoms with Crippen molar-refractivity contribution in [3.05, 3.63) is 35.4 Å². The summed E-state index contributed by atoms with van der Waals surface area (Å²) in [7, 11) is 2.23. The van der Waals surface area contributed by atoms with Crippen LogP contribution in [0.4, 0.5) is 0 Å². The largest absolute Gasteiger partial charge is 0.309 e. The van der Waals surface area contributed by atoms with Gasteiger partial charge in [-0.15, -0.1) is 0 Å². The van der Waals surface area contributed by atoms with Gasteiger partial charge in [0, 0.05) is 12.6 Å². The van der Waals surface area contributed by atoms with Crippen LogP contribution in [0.2, 0.25) is 0 Å². The topological polar surface area (TPSA) is 15.3 Å². The fourth-order valence-corrected chi connectivity index (χ4v) is 3.25. The quantitative estimate of drug-likeness (QED) is 0.873. The van der Waals surface area contributed by atoms with Gasteiger partial charge in [0.1, 0.15) is 0 Å². The molecule has 0 bridgehead atoms. The van der Waals surface area contributed by atoms with E-state index in [0.717, 1.165) is 11.8 Å². The predicted molar refractivity (Wildman–Crippen MR) is 80.3 cm³/mol. The van der Waals surface area contributed by atoms with Gasteiger partial charge in [-0.25, -0.2) is 0 Å². The van der Waals surface area contributed by atoms with Crippen LogP contribution in [0.5, 0.6) is 0 Å². The smallest absolute Gasteiger partial charge is 0.0348 e. The molecule has 2 atom stereocenters. The Labute approximate surface area is 117 Å². The summed E-state index contributed by atoms with van der Waals surface area (Å²) >= 11 is 0. The molecule has 0 aromatic heterocycles. The molecule has 0 spiro atoms. The van der Waals surface area contributed by atoms with Crippen LogP contribution in [0.15, 0.2) is 24.3 Å². The second kappa shape index (κ2) is 5.64. The Balaban J connectivity index is 1.60. The Hall–Kier alpha value is -0.860. The van der Waals surface area contributed by atoms with E-state index in [1.54, 1.807) is 0 Å². The second-order valence-electron chi connectivity index (χ2n) is 6.55. The van der Waals surface area contributed by atoms with Crippen molar-refractivity contribution in [1.29, 1.82) is 0 Å². The van der Waals surface area contributed by atoms with E-state index in [9.17, 15) is 0 Å². The summed E-state index contributed by atoms with van der Waals surface area (Å²) in [5.74, 6) is 1.72. The summed E-state index contributed by atoms with van der Waals surface area (Å²) in [4.78, 5) is 2.45. The zero-order valence-corrected chi connectivity index (χ0v) is 12.2. The van der Waals surface area contributed by atoms with Crippen molar-refractivity contribution in [3.8, 4) is 0 Å². The van der Waals surface area contributed by atoms with Gasteiger partial charge in [0.2, 0.25) is 0 Å². The average Bonchev–Trinajstić information content (AvgIpc) is 3.15. The highest BCUT2D eigenvalue weighted by Gasteiger charge is 2.32. The molecular weight excluding hydrogens is 232 g/mol. The monoisotopic (exact) mass is 258 g/mol. The molecule has 104 valence electrons. The van der Waals surface area contributed by atoms with Crippen molar-refractivity contribution in [1.82, 2.24) is 10.2 Å². The van der Waals surface area contributed by atoms with Crippen molar-refractivity contribution in [2.45, 2.75) is 32.2 Å². The molecule has 1 heterocycles. The first-order valence-electron chi connectivity index (χ1n) is 7.71. The van der Waals surface area contributed by atoms with Crippen LogP contribution < -0.4 is 5.32 Å². The SMILES string of the molecule is Cc1ccc(C(NCC2CCN(C)C2)C2CC2)cc1. The number of nitrogens with zero attached hydrogens (tertiary/aromatic N) is 1. The lowest BCUT2D eigenvalue weighted by molar-refractivity contribution is 0.371. The number of likely N-dealkylation sites (tertiary alicyclic amines) is 1. The van der Waals surface area contributed by atoms with E-state index < -0.39 is 0 Å². The minimum atomic E-state index is 0.589. The molecule has 1 saturated heterocycles. The number of hydrogen-bond donors (Lipinski definition) is 1. The Kier molecular flexibility index (Phi) is 3.90. The van der Waals surface area contributed by atoms with Crippen molar-refractivity contribution in [2.75, 3.05) is 26.7 Å². The first-order chi connectivity index (χ1) is 9.22. The molecule has 2 nitrogen and oxygen atoms in total. The summed E-state index contributed by atoms with van der Waals surface area (Å²) in [5, 5.41) is 3.85. The van der Waals surface area contributed by atoms with Crippen LogP contribution in [0.1, 0.15) is 36.4 Å². The lowest BCUT2D eigenvalue weighted by atomic mass is 10.00. The summed E-state index contributed by atoms with van der Waals surface area (Å²) in [6, 6.07) is 9.70. The van der Waals surface area contributed by atoms with Crippen LogP contribution >= 0.6 is 0 Å². The van der Waals surface area contributed by atoms with Gasteiger partial charge in [-0.3, -0.25) is 0 Å². The fourth-order valence-electron chi connectivity index (χ4n) is 3.25. The number of aryl methyl sites for hydroxylation is 1. The fraction of sp³-hybridized carbons (Fsp3) is 0.647. The van der Waals surface area contributed by atoms with Crippen LogP contribution in [-0.2, 0) is 0 Å². The molecule has 1 aromatic rings. The van der Waals surface area contributed by atoms with E-state index in [4.69, 9.17) is 0 Å². The molecule has 1 N–H and O–H groups in total. The molecular formula is C17H26N2. The third kappa shape index (κ3) is 3.37. The maximum absolute atomic E-state index is 3.85. The molecule has 1 aliphatic heterocycles. The van der Waals surface area contributed by atoms with E-state index in [-0.39, 0.29) is 0 Å². The molecule has 2 unspecified atom stereocenters. The zero-order valence-electron chi connectivity index (χ0n) is 12.2. The Morgan fingerprint density at radius 1 is 1.21 bits per heavy atom. The van der Waals surface area contributed by atoms with Gasteiger partial charge in [-0.05, 0) is 63.7 Å². The summed E-state index contributed by atoms with van der Waals surface area (Å²) < 4.78 is 0. The normalized spacial score (nSPS) is 25.7. The molecule has 1 aliphatic carbocycles. The van der Waals surface area contributed by atoms with Gasteiger partial charge in [-0.1, -0.05) is 29.8 Å². The molecule has 19 heavy (non-hydrogen) atoms. The maximum Gasteiger partial charge on any atom is 0.0348 e. The second-order valence-corrected chi connectivity index (χ2v) is 6.55. The van der Waals surface area contributed by atoms with Crippen LogP contribution in [-0.4, -0.2) is 31.6 Å². The molecule has 3 rings (SSSR count).